The molecule has 79 heavy (non-hydrogen) atoms. The van der Waals surface area contributed by atoms with Crippen LogP contribution in [0.2, 0.25) is 0 Å². The molecule has 17 nitrogen and oxygen atoms in total. The number of amides is 1. The summed E-state index contributed by atoms with van der Waals surface area (Å²) in [6, 6.07) is 29.0. The van der Waals surface area contributed by atoms with Crippen molar-refractivity contribution in [3.05, 3.63) is 191 Å². The van der Waals surface area contributed by atoms with Gasteiger partial charge >= 0.3 is 11.9 Å². The first-order chi connectivity index (χ1) is 38.1. The van der Waals surface area contributed by atoms with Crippen molar-refractivity contribution < 1.29 is 38.5 Å². The minimum Gasteiger partial charge on any atom is -0.478 e. The maximum Gasteiger partial charge on any atom is 0.336 e. The molecule has 2 saturated heterocycles. The van der Waals surface area contributed by atoms with Crippen molar-refractivity contribution in [2.24, 2.45) is 11.8 Å². The van der Waals surface area contributed by atoms with E-state index in [1.165, 1.54) is 25.1 Å². The molecule has 3 N–H and O–H groups in total. The molecule has 1 amide bonds. The molecule has 18 heteroatoms. The zero-order valence-corrected chi connectivity index (χ0v) is 45.2. The number of hydrogen-bond donors (Lipinski definition) is 3. The summed E-state index contributed by atoms with van der Waals surface area (Å²) in [6.45, 7) is 14.9. The fraction of sp³-hybridized carbons (Fsp3) is 0.295. The standard InChI is InChI=1S/C25H28N4O2.C12H17FN2O.2C12H10N2O2/c1-17-5-9-21(24-26-11-4-12-27-24)22(13-17)25(30)29-15-20(8-7-19(29)3)16-31-23-10-6-18(2)14-28-23;1-9-2-3-10(6-14-9)8-16-12-5-4-11(13)7-15-12;2*1-8-3-4-9(10(7-8)12(15)16)11-13-5-2-6-14-11/h4-6,9-14,19-20H,7-8,15-16H2,1-3H3;4-5,7,9-10,14H,2-3,6,8H2,1H3;2*2-7H,1H3,(H,15,16)/t19-,20-;9-,10-;;/m11../s1. The Morgan fingerprint density at radius 2 is 0.975 bits per heavy atom. The summed E-state index contributed by atoms with van der Waals surface area (Å²) in [4.78, 5) is 70.9. The van der Waals surface area contributed by atoms with E-state index in [0.717, 1.165) is 47.2 Å². The SMILES string of the molecule is C[C@@H]1CC[C@@H](COc2ccc(F)cn2)CN1.Cc1ccc(-c2ncccn2)c(C(=O)O)c1.Cc1ccc(-c2ncccn2)c(C(=O)O)c1.Cc1ccc(OC[C@@H]2CC[C@@H](C)N(C(=O)c3cc(C)ccc3-c3ncccn3)C2)nc1. The van der Waals surface area contributed by atoms with E-state index in [9.17, 15) is 18.8 Å². The van der Waals surface area contributed by atoms with Gasteiger partial charge in [-0.3, -0.25) is 4.79 Å². The van der Waals surface area contributed by atoms with Crippen LogP contribution in [0.25, 0.3) is 34.2 Å². The summed E-state index contributed by atoms with van der Waals surface area (Å²) in [7, 11) is 0. The van der Waals surface area contributed by atoms with Gasteiger partial charge in [-0.15, -0.1) is 0 Å². The second kappa shape index (κ2) is 28.5. The molecule has 0 radical (unpaired) electrons. The number of hydrogen-bond acceptors (Lipinski definition) is 14. The number of aromatic nitrogens is 8. The molecular formula is C61H65FN10O7. The molecule has 0 aliphatic carbocycles. The predicted octanol–water partition coefficient (Wildman–Crippen LogP) is 10.8. The van der Waals surface area contributed by atoms with Crippen LogP contribution in [0.1, 0.15) is 92.9 Å². The average molecular weight is 1070 g/mol. The van der Waals surface area contributed by atoms with Crippen LogP contribution < -0.4 is 14.8 Å². The van der Waals surface area contributed by atoms with Crippen LogP contribution in [0.3, 0.4) is 0 Å². The highest BCUT2D eigenvalue weighted by atomic mass is 19.1. The van der Waals surface area contributed by atoms with Crippen LogP contribution in [0, 0.1) is 45.3 Å². The van der Waals surface area contributed by atoms with Crippen molar-refractivity contribution >= 4 is 17.8 Å². The van der Waals surface area contributed by atoms with Crippen LogP contribution in [0.4, 0.5) is 4.39 Å². The third kappa shape index (κ3) is 17.0. The number of nitrogens with one attached hydrogen (secondary N) is 1. The summed E-state index contributed by atoms with van der Waals surface area (Å²) in [5.41, 5.74) is 6.90. The van der Waals surface area contributed by atoms with Gasteiger partial charge in [0.25, 0.3) is 5.91 Å². The highest BCUT2D eigenvalue weighted by Gasteiger charge is 2.32. The second-order valence-corrected chi connectivity index (χ2v) is 19.6. The van der Waals surface area contributed by atoms with Gasteiger partial charge in [-0.05, 0) is 115 Å². The first kappa shape index (κ1) is 57.8. The number of carboxylic acid groups (broad SMARTS) is 2. The van der Waals surface area contributed by atoms with Crippen LogP contribution in [0.15, 0.2) is 147 Å². The van der Waals surface area contributed by atoms with Crippen molar-refractivity contribution in [1.29, 1.82) is 0 Å². The Hall–Kier alpha value is -8.90. The van der Waals surface area contributed by atoms with Crippen molar-refractivity contribution in [1.82, 2.24) is 50.1 Å². The molecule has 4 atom stereocenters. The van der Waals surface area contributed by atoms with Gasteiger partial charge in [0.05, 0.1) is 36.1 Å². The smallest absolute Gasteiger partial charge is 0.336 e. The molecule has 0 unspecified atom stereocenters. The summed E-state index contributed by atoms with van der Waals surface area (Å²) in [5.74, 6) is 1.12. The van der Waals surface area contributed by atoms with E-state index in [4.69, 9.17) is 19.7 Å². The number of nitrogens with zero attached hydrogens (tertiary/aromatic N) is 9. The first-order valence-electron chi connectivity index (χ1n) is 26.1. The number of likely N-dealkylation sites (tertiary alicyclic amines) is 1. The number of aromatic carboxylic acids is 2. The second-order valence-electron chi connectivity index (χ2n) is 19.6. The normalized spacial score (nSPS) is 16.5. The summed E-state index contributed by atoms with van der Waals surface area (Å²) in [6.07, 6.45) is 17.1. The van der Waals surface area contributed by atoms with Gasteiger partial charge in [0.2, 0.25) is 11.8 Å². The highest BCUT2D eigenvalue weighted by Crippen LogP contribution is 2.29. The van der Waals surface area contributed by atoms with E-state index in [-0.39, 0.29) is 34.8 Å². The van der Waals surface area contributed by atoms with E-state index in [1.54, 1.807) is 91.9 Å². The lowest BCUT2D eigenvalue weighted by Crippen LogP contribution is -2.47. The minimum absolute atomic E-state index is 0.0248. The molecule has 0 saturated carbocycles. The number of carbonyl (C=O) groups excluding carboxylic acids is 1. The Balaban J connectivity index is 0.000000161. The number of rotatable bonds is 12. The molecular weight excluding hydrogens is 1000 g/mol. The monoisotopic (exact) mass is 1070 g/mol. The number of carbonyl (C=O) groups is 3. The van der Waals surface area contributed by atoms with Gasteiger partial charge in [-0.25, -0.2) is 53.9 Å². The van der Waals surface area contributed by atoms with E-state index < -0.39 is 11.9 Å². The maximum atomic E-state index is 13.6. The number of ether oxygens (including phenoxy) is 2. The largest absolute Gasteiger partial charge is 0.478 e. The van der Waals surface area contributed by atoms with Gasteiger partial charge < -0.3 is 29.9 Å². The van der Waals surface area contributed by atoms with Crippen molar-refractivity contribution in [3.63, 3.8) is 0 Å². The number of carboxylic acids is 2. The lowest BCUT2D eigenvalue weighted by Gasteiger charge is -2.38. The van der Waals surface area contributed by atoms with Crippen molar-refractivity contribution in [2.75, 3.05) is 26.3 Å². The molecule has 3 aromatic carbocycles. The number of halogens is 1. The van der Waals surface area contributed by atoms with Gasteiger partial charge in [-0.1, -0.05) is 59.2 Å². The minimum atomic E-state index is -0.967. The van der Waals surface area contributed by atoms with Gasteiger partial charge in [0.1, 0.15) is 5.82 Å². The third-order valence-electron chi connectivity index (χ3n) is 13.2. The Bertz CT molecular complexity index is 3150. The number of pyridine rings is 2. The van der Waals surface area contributed by atoms with E-state index in [0.29, 0.717) is 77.6 Å². The van der Waals surface area contributed by atoms with Crippen LogP contribution >= 0.6 is 0 Å². The average Bonchev–Trinajstić information content (AvgIpc) is 3.50. The molecule has 8 aromatic rings. The Labute approximate surface area is 459 Å². The fourth-order valence-electron chi connectivity index (χ4n) is 8.75. The summed E-state index contributed by atoms with van der Waals surface area (Å²) < 4.78 is 24.0. The summed E-state index contributed by atoms with van der Waals surface area (Å²) in [5, 5.41) is 21.6. The van der Waals surface area contributed by atoms with Crippen molar-refractivity contribution in [2.45, 2.75) is 79.3 Å². The number of aryl methyl sites for hydroxylation is 4. The van der Waals surface area contributed by atoms with E-state index in [1.807, 2.05) is 75.1 Å². The Morgan fingerprint density at radius 3 is 1.41 bits per heavy atom. The number of piperidine rings is 2. The van der Waals surface area contributed by atoms with Crippen molar-refractivity contribution in [3.8, 4) is 45.9 Å². The molecule has 408 valence electrons. The fourth-order valence-corrected chi connectivity index (χ4v) is 8.75. The lowest BCUT2D eigenvalue weighted by atomic mass is 9.92. The third-order valence-corrected chi connectivity index (χ3v) is 13.2. The van der Waals surface area contributed by atoms with Crippen LogP contribution in [-0.2, 0) is 0 Å². The zero-order valence-electron chi connectivity index (χ0n) is 45.2. The van der Waals surface area contributed by atoms with E-state index >= 15 is 0 Å². The molecule has 2 aliphatic rings. The maximum absolute atomic E-state index is 13.6. The molecule has 7 heterocycles. The summed E-state index contributed by atoms with van der Waals surface area (Å²) >= 11 is 0. The zero-order chi connectivity index (χ0) is 56.3. The molecule has 10 rings (SSSR count). The van der Waals surface area contributed by atoms with Crippen LogP contribution in [-0.4, -0.2) is 111 Å². The Morgan fingerprint density at radius 1 is 0.544 bits per heavy atom. The van der Waals surface area contributed by atoms with E-state index in [2.05, 4.69) is 59.0 Å². The van der Waals surface area contributed by atoms with Crippen LogP contribution in [0.5, 0.6) is 11.8 Å². The molecule has 5 aromatic heterocycles. The van der Waals surface area contributed by atoms with Gasteiger partial charge in [0.15, 0.2) is 17.5 Å². The molecule has 2 fully saturated rings. The topological polar surface area (TPSA) is 229 Å². The lowest BCUT2D eigenvalue weighted by molar-refractivity contribution is 0.0502. The molecule has 0 spiro atoms. The quantitative estimate of drug-likeness (QED) is 0.103. The highest BCUT2D eigenvalue weighted by molar-refractivity contribution is 6.00. The molecule has 2 aliphatic heterocycles. The molecule has 0 bridgehead atoms. The van der Waals surface area contributed by atoms with Gasteiger partial charge in [-0.2, -0.15) is 0 Å². The Kier molecular flexibility index (Phi) is 20.8. The first-order valence-corrected chi connectivity index (χ1v) is 26.1. The predicted molar refractivity (Wildman–Crippen MR) is 298 cm³/mol. The number of benzene rings is 3. The van der Waals surface area contributed by atoms with Gasteiger partial charge in [0, 0.05) is 109 Å².